The van der Waals surface area contributed by atoms with Gasteiger partial charge < -0.3 is 0 Å². The second kappa shape index (κ2) is 18.6. The van der Waals surface area contributed by atoms with Crippen LogP contribution in [0.4, 0.5) is 0 Å². The summed E-state index contributed by atoms with van der Waals surface area (Å²) in [6.45, 7) is 0. The van der Waals surface area contributed by atoms with Crippen LogP contribution in [-0.4, -0.2) is 0 Å². The summed E-state index contributed by atoms with van der Waals surface area (Å²) in [6, 6.07) is 38.1. The fraction of sp³-hybridized carbons (Fsp3) is 0. The highest BCUT2D eigenvalue weighted by atomic mass is 14.2. The van der Waals surface area contributed by atoms with Crippen LogP contribution in [0, 0.1) is 45.3 Å². The molecular weight excluding hydrogens is 536 g/mol. The summed E-state index contributed by atoms with van der Waals surface area (Å²) in [5, 5.41) is 34.9. The Balaban J connectivity index is 0.000000240. The van der Waals surface area contributed by atoms with Gasteiger partial charge in [-0.25, -0.2) is 0 Å². The second-order valence-electron chi connectivity index (χ2n) is 9.14. The van der Waals surface area contributed by atoms with Crippen LogP contribution in [0.5, 0.6) is 0 Å². The minimum absolute atomic E-state index is 0.665. The first kappa shape index (κ1) is 31.8. The molecule has 44 heavy (non-hydrogen) atoms. The number of allylic oxidation sites excluding steroid dienone is 8. The Kier molecular flexibility index (Phi) is 13.4. The Labute approximate surface area is 259 Å². The van der Waals surface area contributed by atoms with E-state index in [4.69, 9.17) is 21.0 Å². The predicted molar refractivity (Wildman–Crippen MR) is 179 cm³/mol. The van der Waals surface area contributed by atoms with Crippen molar-refractivity contribution in [2.24, 2.45) is 0 Å². The number of nitriles is 4. The number of benzene rings is 4. The maximum Gasteiger partial charge on any atom is 0.0991 e. The molecule has 4 heteroatoms. The molecule has 0 fully saturated rings. The lowest BCUT2D eigenvalue weighted by Gasteiger charge is -1.92. The van der Waals surface area contributed by atoms with Crippen molar-refractivity contribution in [2.45, 2.75) is 0 Å². The average molecular weight is 565 g/mol. The van der Waals surface area contributed by atoms with Gasteiger partial charge in [0.15, 0.2) is 0 Å². The molecule has 0 aliphatic heterocycles. The van der Waals surface area contributed by atoms with Gasteiger partial charge in [-0.3, -0.25) is 0 Å². The number of nitrogens with zero attached hydrogens (tertiary/aromatic N) is 4. The highest BCUT2D eigenvalue weighted by Crippen LogP contribution is 2.08. The van der Waals surface area contributed by atoms with Gasteiger partial charge in [0, 0.05) is 0 Å². The van der Waals surface area contributed by atoms with Crippen LogP contribution in [0.1, 0.15) is 44.5 Å². The van der Waals surface area contributed by atoms with Crippen molar-refractivity contribution < 1.29 is 0 Å². The van der Waals surface area contributed by atoms with Crippen LogP contribution in [0.25, 0.3) is 24.3 Å². The third-order valence-electron chi connectivity index (χ3n) is 5.98. The summed E-state index contributed by atoms with van der Waals surface area (Å²) in [5.41, 5.74) is 6.88. The minimum Gasteiger partial charge on any atom is -0.192 e. The summed E-state index contributed by atoms with van der Waals surface area (Å²) in [7, 11) is 0. The van der Waals surface area contributed by atoms with Crippen LogP contribution in [-0.2, 0) is 0 Å². The van der Waals surface area contributed by atoms with Crippen molar-refractivity contribution >= 4 is 24.3 Å². The lowest BCUT2D eigenvalue weighted by atomic mass is 10.1. The van der Waals surface area contributed by atoms with Crippen molar-refractivity contribution in [3.63, 3.8) is 0 Å². The van der Waals surface area contributed by atoms with Crippen LogP contribution in [0.15, 0.2) is 146 Å². The first-order valence-corrected chi connectivity index (χ1v) is 13.7. The zero-order valence-electron chi connectivity index (χ0n) is 24.0. The number of rotatable bonds is 8. The molecule has 0 spiro atoms. The van der Waals surface area contributed by atoms with E-state index in [2.05, 4.69) is 24.3 Å². The quantitative estimate of drug-likeness (QED) is 0.199. The molecule has 0 aliphatic carbocycles. The van der Waals surface area contributed by atoms with Crippen LogP contribution in [0.2, 0.25) is 0 Å². The van der Waals surface area contributed by atoms with E-state index in [0.29, 0.717) is 22.3 Å². The maximum atomic E-state index is 8.72. The molecule has 4 aromatic rings. The lowest BCUT2D eigenvalue weighted by Crippen LogP contribution is -1.74. The van der Waals surface area contributed by atoms with E-state index in [9.17, 15) is 0 Å². The molecule has 0 saturated carbocycles. The fourth-order valence-electron chi connectivity index (χ4n) is 3.60. The molecule has 0 heterocycles. The van der Waals surface area contributed by atoms with Crippen molar-refractivity contribution in [1.29, 1.82) is 21.0 Å². The van der Waals surface area contributed by atoms with Gasteiger partial charge in [-0.1, -0.05) is 121 Å². The van der Waals surface area contributed by atoms with Gasteiger partial charge in [-0.15, -0.1) is 0 Å². The van der Waals surface area contributed by atoms with Crippen LogP contribution >= 0.6 is 0 Å². The molecule has 0 saturated heterocycles. The van der Waals surface area contributed by atoms with Gasteiger partial charge in [0.25, 0.3) is 0 Å². The zero-order chi connectivity index (χ0) is 31.2. The monoisotopic (exact) mass is 564 g/mol. The smallest absolute Gasteiger partial charge is 0.0991 e. The average Bonchev–Trinajstić information content (AvgIpc) is 3.09. The van der Waals surface area contributed by atoms with Gasteiger partial charge in [0.1, 0.15) is 0 Å². The summed E-state index contributed by atoms with van der Waals surface area (Å²) in [6.07, 6.45) is 23.5. The zero-order valence-corrected chi connectivity index (χ0v) is 24.0. The molecule has 208 valence electrons. The van der Waals surface area contributed by atoms with Gasteiger partial charge >= 0.3 is 0 Å². The third kappa shape index (κ3) is 11.8. The molecule has 4 aromatic carbocycles. The topological polar surface area (TPSA) is 95.2 Å². The lowest BCUT2D eigenvalue weighted by molar-refractivity contribution is 1.48. The highest BCUT2D eigenvalue weighted by Gasteiger charge is 1.91. The SMILES string of the molecule is N#Cc1ccc(/C=C/C=C/C=C/c2ccc(C#N)cc2)cc1.N#Cc1ccc(/C=C/C=C/C=C/c2ccc(C#N)cc2)cc1. The van der Waals surface area contributed by atoms with Gasteiger partial charge in [-0.05, 0) is 70.8 Å². The van der Waals surface area contributed by atoms with Gasteiger partial charge in [0.2, 0.25) is 0 Å². The first-order valence-electron chi connectivity index (χ1n) is 13.7. The van der Waals surface area contributed by atoms with Gasteiger partial charge in [-0.2, -0.15) is 21.0 Å². The van der Waals surface area contributed by atoms with Crippen molar-refractivity contribution in [2.75, 3.05) is 0 Å². The largest absolute Gasteiger partial charge is 0.192 e. The molecule has 0 aromatic heterocycles. The van der Waals surface area contributed by atoms with Crippen molar-refractivity contribution in [3.8, 4) is 24.3 Å². The number of hydrogen-bond acceptors (Lipinski definition) is 4. The Bertz CT molecular complexity index is 1560. The highest BCUT2D eigenvalue weighted by molar-refractivity contribution is 5.56. The minimum atomic E-state index is 0.665. The molecule has 0 atom stereocenters. The summed E-state index contributed by atoms with van der Waals surface area (Å²) >= 11 is 0. The van der Waals surface area contributed by atoms with E-state index >= 15 is 0 Å². The Morgan fingerprint density at radius 3 is 0.614 bits per heavy atom. The standard InChI is InChI=1S/2C20H14N2/c2*21-15-19-11-7-17(8-12-19)5-3-1-2-4-6-18-9-13-20(16-22)14-10-18/h2*1-14H/b2*2-1+,5-3+,6-4+. The molecule has 4 rings (SSSR count). The first-order chi connectivity index (χ1) is 21.6. The summed E-state index contributed by atoms with van der Waals surface area (Å²) in [5.74, 6) is 0. The molecular formula is C40H28N4. The van der Waals surface area contributed by atoms with Gasteiger partial charge in [0.05, 0.1) is 46.5 Å². The van der Waals surface area contributed by atoms with E-state index < -0.39 is 0 Å². The van der Waals surface area contributed by atoms with E-state index in [1.807, 2.05) is 121 Å². The molecule has 0 radical (unpaired) electrons. The Morgan fingerprint density at radius 1 is 0.273 bits per heavy atom. The second-order valence-corrected chi connectivity index (χ2v) is 9.14. The molecule has 0 bridgehead atoms. The predicted octanol–water partition coefficient (Wildman–Crippen LogP) is 9.43. The van der Waals surface area contributed by atoms with Crippen molar-refractivity contribution in [1.82, 2.24) is 0 Å². The van der Waals surface area contributed by atoms with E-state index in [1.165, 1.54) is 0 Å². The number of hydrogen-bond donors (Lipinski definition) is 0. The van der Waals surface area contributed by atoms with E-state index in [0.717, 1.165) is 22.3 Å². The van der Waals surface area contributed by atoms with E-state index in [-0.39, 0.29) is 0 Å². The molecule has 0 N–H and O–H groups in total. The summed E-state index contributed by atoms with van der Waals surface area (Å²) in [4.78, 5) is 0. The maximum absolute atomic E-state index is 8.72. The van der Waals surface area contributed by atoms with Crippen molar-refractivity contribution in [3.05, 3.63) is 190 Å². The molecule has 0 amide bonds. The molecule has 0 aliphatic rings. The Morgan fingerprint density at radius 2 is 0.455 bits per heavy atom. The third-order valence-corrected chi connectivity index (χ3v) is 5.98. The van der Waals surface area contributed by atoms with Crippen LogP contribution in [0.3, 0.4) is 0 Å². The fourth-order valence-corrected chi connectivity index (χ4v) is 3.60. The Hall–Kier alpha value is -6.72. The normalized spacial score (nSPS) is 11.0. The van der Waals surface area contributed by atoms with Crippen LogP contribution < -0.4 is 0 Å². The molecule has 0 unspecified atom stereocenters. The summed E-state index contributed by atoms with van der Waals surface area (Å²) < 4.78 is 0. The van der Waals surface area contributed by atoms with E-state index in [1.54, 1.807) is 48.5 Å². The molecule has 4 nitrogen and oxygen atoms in total.